The van der Waals surface area contributed by atoms with Gasteiger partial charge in [-0.15, -0.1) is 10.2 Å². The highest BCUT2D eigenvalue weighted by molar-refractivity contribution is 5.94. The molecule has 156 valence electrons. The number of amides is 1. The van der Waals surface area contributed by atoms with Crippen molar-refractivity contribution in [2.45, 2.75) is 59.5 Å². The number of ether oxygens (including phenoxy) is 1. The van der Waals surface area contributed by atoms with Crippen LogP contribution in [-0.2, 0) is 10.2 Å². The molecule has 2 heterocycles. The number of aromatic amines is 1. The number of fused-ring (bicyclic) bond motifs is 1. The summed E-state index contributed by atoms with van der Waals surface area (Å²) in [5.41, 5.74) is 2.95. The minimum absolute atomic E-state index is 0.0742. The van der Waals surface area contributed by atoms with E-state index in [1.165, 1.54) is 0 Å². The molecule has 1 unspecified atom stereocenters. The lowest BCUT2D eigenvalue weighted by atomic mass is 9.94. The number of nitrogens with zero attached hydrogens (tertiary/aromatic N) is 3. The second-order valence-corrected chi connectivity index (χ2v) is 8.11. The summed E-state index contributed by atoms with van der Waals surface area (Å²) in [6, 6.07) is 5.89. The molecule has 3 rings (SSSR count). The maximum absolute atomic E-state index is 12.9. The fraction of sp³-hybridized carbons (Fsp3) is 0.476. The molecule has 2 aromatic heterocycles. The van der Waals surface area contributed by atoms with Crippen molar-refractivity contribution in [3.8, 4) is 5.75 Å². The molecule has 0 aliphatic rings. The van der Waals surface area contributed by atoms with E-state index in [0.29, 0.717) is 29.5 Å². The first-order valence-electron chi connectivity index (χ1n) is 9.77. The average Bonchev–Trinajstić information content (AvgIpc) is 3.22. The van der Waals surface area contributed by atoms with Gasteiger partial charge in [-0.05, 0) is 38.8 Å². The molecule has 1 amide bonds. The van der Waals surface area contributed by atoms with Crippen molar-refractivity contribution >= 4 is 17.4 Å². The predicted molar refractivity (Wildman–Crippen MR) is 111 cm³/mol. The molecular formula is C21H29N5O3. The summed E-state index contributed by atoms with van der Waals surface area (Å²) in [7, 11) is 0. The van der Waals surface area contributed by atoms with Gasteiger partial charge < -0.3 is 15.2 Å². The molecule has 0 fully saturated rings. The van der Waals surface area contributed by atoms with Crippen molar-refractivity contribution in [3.05, 3.63) is 40.7 Å². The van der Waals surface area contributed by atoms with Crippen LogP contribution in [0.15, 0.2) is 18.2 Å². The van der Waals surface area contributed by atoms with E-state index in [4.69, 9.17) is 4.74 Å². The van der Waals surface area contributed by atoms with Gasteiger partial charge in [-0.1, -0.05) is 38.5 Å². The number of hydrogen-bond acceptors (Lipinski definition) is 5. The van der Waals surface area contributed by atoms with Crippen LogP contribution in [0.4, 0.5) is 5.82 Å². The molecule has 0 bridgehead atoms. The summed E-state index contributed by atoms with van der Waals surface area (Å²) < 4.78 is 7.68. The highest BCUT2D eigenvalue weighted by Gasteiger charge is 2.29. The molecule has 8 heteroatoms. The normalized spacial score (nSPS) is 12.9. The van der Waals surface area contributed by atoms with E-state index in [9.17, 15) is 9.90 Å². The fourth-order valence-electron chi connectivity index (χ4n) is 3.18. The average molecular weight is 399 g/mol. The number of benzene rings is 1. The number of nitrogens with one attached hydrogen (secondary N) is 2. The molecule has 3 aromatic rings. The number of aliphatic hydroxyl groups is 1. The summed E-state index contributed by atoms with van der Waals surface area (Å²) in [5, 5.41) is 24.1. The van der Waals surface area contributed by atoms with Gasteiger partial charge in [0.25, 0.3) is 5.91 Å². The van der Waals surface area contributed by atoms with Crippen LogP contribution in [0.25, 0.3) is 5.65 Å². The Morgan fingerprint density at radius 2 is 2.03 bits per heavy atom. The SMILES string of the molecule is CCC(Oc1ccc(C)cc1C)C(=O)Nc1[nH]n2c(C(C)(C)CO)nnc2c1C. The molecule has 0 radical (unpaired) electrons. The Kier molecular flexibility index (Phi) is 5.66. The van der Waals surface area contributed by atoms with Crippen LogP contribution >= 0.6 is 0 Å². The molecule has 1 atom stereocenters. The van der Waals surface area contributed by atoms with Crippen molar-refractivity contribution in [1.29, 1.82) is 0 Å². The minimum Gasteiger partial charge on any atom is -0.480 e. The standard InChI is InChI=1S/C21H29N5O3/c1-7-15(29-16-9-8-12(2)10-13(16)3)19(28)22-17-14(4)18-23-24-20(26(18)25-17)21(5,6)11-27/h8-10,15,25,27H,7,11H2,1-6H3,(H,22,28). The Morgan fingerprint density at radius 1 is 1.31 bits per heavy atom. The second kappa shape index (κ2) is 7.87. The van der Waals surface area contributed by atoms with E-state index in [1.54, 1.807) is 4.52 Å². The number of hydrogen-bond donors (Lipinski definition) is 3. The van der Waals surface area contributed by atoms with Crippen LogP contribution in [0.3, 0.4) is 0 Å². The van der Waals surface area contributed by atoms with Crippen LogP contribution in [0.2, 0.25) is 0 Å². The Morgan fingerprint density at radius 3 is 2.66 bits per heavy atom. The van der Waals surface area contributed by atoms with Gasteiger partial charge in [0.1, 0.15) is 11.6 Å². The lowest BCUT2D eigenvalue weighted by Gasteiger charge is -2.19. The van der Waals surface area contributed by atoms with Gasteiger partial charge in [0.2, 0.25) is 0 Å². The maximum Gasteiger partial charge on any atom is 0.266 e. The number of aromatic nitrogens is 4. The third-order valence-electron chi connectivity index (χ3n) is 5.11. The Hall–Kier alpha value is -2.87. The van der Waals surface area contributed by atoms with Crippen LogP contribution < -0.4 is 10.1 Å². The Labute approximate surface area is 170 Å². The number of anilines is 1. The van der Waals surface area contributed by atoms with Crippen molar-refractivity contribution in [2.24, 2.45) is 0 Å². The number of carbonyl (C=O) groups is 1. The Balaban J connectivity index is 1.83. The molecular weight excluding hydrogens is 370 g/mol. The number of rotatable bonds is 7. The van der Waals surface area contributed by atoms with E-state index >= 15 is 0 Å². The summed E-state index contributed by atoms with van der Waals surface area (Å²) in [4.78, 5) is 12.9. The van der Waals surface area contributed by atoms with E-state index < -0.39 is 11.5 Å². The number of aliphatic hydroxyl groups excluding tert-OH is 1. The molecule has 1 aromatic carbocycles. The lowest BCUT2D eigenvalue weighted by molar-refractivity contribution is -0.122. The predicted octanol–water partition coefficient (Wildman–Crippen LogP) is 3.05. The zero-order valence-corrected chi connectivity index (χ0v) is 17.8. The van der Waals surface area contributed by atoms with Gasteiger partial charge in [-0.3, -0.25) is 9.89 Å². The van der Waals surface area contributed by atoms with Crippen LogP contribution in [0.5, 0.6) is 5.75 Å². The van der Waals surface area contributed by atoms with E-state index in [-0.39, 0.29) is 12.5 Å². The van der Waals surface area contributed by atoms with Gasteiger partial charge in [0.15, 0.2) is 17.6 Å². The van der Waals surface area contributed by atoms with Crippen molar-refractivity contribution < 1.29 is 14.6 Å². The Bertz CT molecular complexity index is 1030. The number of aryl methyl sites for hydroxylation is 3. The summed E-state index contributed by atoms with van der Waals surface area (Å²) in [6.07, 6.45) is -0.0988. The van der Waals surface area contributed by atoms with Crippen LogP contribution in [-0.4, -0.2) is 43.5 Å². The smallest absolute Gasteiger partial charge is 0.266 e. The third-order valence-corrected chi connectivity index (χ3v) is 5.11. The van der Waals surface area contributed by atoms with Gasteiger partial charge in [0.05, 0.1) is 6.61 Å². The first-order chi connectivity index (χ1) is 13.7. The summed E-state index contributed by atoms with van der Waals surface area (Å²) in [5.74, 6) is 1.59. The van der Waals surface area contributed by atoms with E-state index in [2.05, 4.69) is 20.6 Å². The topological polar surface area (TPSA) is 105 Å². The van der Waals surface area contributed by atoms with Gasteiger partial charge in [-0.25, -0.2) is 4.52 Å². The first kappa shape index (κ1) is 20.9. The van der Waals surface area contributed by atoms with Gasteiger partial charge in [0, 0.05) is 11.0 Å². The lowest BCUT2D eigenvalue weighted by Crippen LogP contribution is -2.33. The zero-order valence-electron chi connectivity index (χ0n) is 17.8. The van der Waals surface area contributed by atoms with Gasteiger partial charge in [-0.2, -0.15) is 0 Å². The van der Waals surface area contributed by atoms with Gasteiger partial charge >= 0.3 is 0 Å². The second-order valence-electron chi connectivity index (χ2n) is 8.11. The summed E-state index contributed by atoms with van der Waals surface area (Å²) in [6.45, 7) is 11.4. The monoisotopic (exact) mass is 399 g/mol. The molecule has 8 nitrogen and oxygen atoms in total. The van der Waals surface area contributed by atoms with Crippen molar-refractivity contribution in [3.63, 3.8) is 0 Å². The molecule has 0 aliphatic carbocycles. The fourth-order valence-corrected chi connectivity index (χ4v) is 3.18. The van der Waals surface area contributed by atoms with Crippen molar-refractivity contribution in [1.82, 2.24) is 19.8 Å². The highest BCUT2D eigenvalue weighted by atomic mass is 16.5. The summed E-state index contributed by atoms with van der Waals surface area (Å²) >= 11 is 0. The van der Waals surface area contributed by atoms with Crippen molar-refractivity contribution in [2.75, 3.05) is 11.9 Å². The van der Waals surface area contributed by atoms with E-state index in [1.807, 2.05) is 59.7 Å². The molecule has 0 aliphatic heterocycles. The minimum atomic E-state index is -0.627. The van der Waals surface area contributed by atoms with Crippen LogP contribution in [0.1, 0.15) is 49.7 Å². The maximum atomic E-state index is 12.9. The number of carbonyl (C=O) groups excluding carboxylic acids is 1. The molecule has 0 saturated heterocycles. The third kappa shape index (κ3) is 3.98. The number of H-pyrrole nitrogens is 1. The molecule has 3 N–H and O–H groups in total. The largest absolute Gasteiger partial charge is 0.480 e. The quantitative estimate of drug-likeness (QED) is 0.566. The van der Waals surface area contributed by atoms with Crippen LogP contribution in [0, 0.1) is 20.8 Å². The highest BCUT2D eigenvalue weighted by Crippen LogP contribution is 2.26. The molecule has 29 heavy (non-hydrogen) atoms. The molecule has 0 spiro atoms. The zero-order chi connectivity index (χ0) is 21.3. The van der Waals surface area contributed by atoms with E-state index in [0.717, 1.165) is 16.7 Å². The molecule has 0 saturated carbocycles. The first-order valence-corrected chi connectivity index (χ1v) is 9.77.